The van der Waals surface area contributed by atoms with Crippen molar-refractivity contribution in [3.63, 3.8) is 0 Å². The lowest BCUT2D eigenvalue weighted by atomic mass is 10.2. The van der Waals surface area contributed by atoms with E-state index in [9.17, 15) is 13.0 Å². The molecule has 0 fully saturated rings. The van der Waals surface area contributed by atoms with E-state index in [-0.39, 0.29) is 11.3 Å². The van der Waals surface area contributed by atoms with Gasteiger partial charge in [0, 0.05) is 21.8 Å². The number of hydrogen-bond donors (Lipinski definition) is 1. The van der Waals surface area contributed by atoms with E-state index in [0.29, 0.717) is 10.6 Å². The van der Waals surface area contributed by atoms with E-state index in [1.807, 2.05) is 0 Å². The Morgan fingerprint density at radius 3 is 2.58 bits per heavy atom. The topological polar surface area (TPSA) is 43.1 Å². The van der Waals surface area contributed by atoms with Gasteiger partial charge in [0.1, 0.15) is 11.6 Å². The van der Waals surface area contributed by atoms with Crippen LogP contribution in [0.3, 0.4) is 0 Å². The fraction of sp³-hybridized carbons (Fsp3) is 0.0769. The molecule has 1 unspecified atom stereocenters. The van der Waals surface area contributed by atoms with Gasteiger partial charge in [0.25, 0.3) is 0 Å². The molecule has 0 amide bonds. The van der Waals surface area contributed by atoms with Gasteiger partial charge in [-0.3, -0.25) is 4.21 Å². The van der Waals surface area contributed by atoms with Gasteiger partial charge < -0.3 is 5.73 Å². The number of nitrogen functional groups attached to an aromatic ring is 1. The first-order valence-electron chi connectivity index (χ1n) is 5.34. The monoisotopic (exact) mass is 345 g/mol. The predicted octanol–water partition coefficient (Wildman–Crippen LogP) is 3.62. The van der Waals surface area contributed by atoms with Crippen molar-refractivity contribution >= 4 is 32.4 Å². The van der Waals surface area contributed by atoms with Gasteiger partial charge in [0.2, 0.25) is 0 Å². The van der Waals surface area contributed by atoms with E-state index in [1.165, 1.54) is 6.07 Å². The van der Waals surface area contributed by atoms with Crippen molar-refractivity contribution in [2.24, 2.45) is 0 Å². The number of rotatable bonds is 3. The maximum Gasteiger partial charge on any atom is 0.130 e. The van der Waals surface area contributed by atoms with Crippen LogP contribution in [0.4, 0.5) is 14.5 Å². The molecule has 0 bridgehead atoms. The molecule has 100 valence electrons. The number of halogens is 3. The molecule has 2 rings (SSSR count). The number of hydrogen-bond acceptors (Lipinski definition) is 2. The minimum absolute atomic E-state index is 0.0488. The van der Waals surface area contributed by atoms with Crippen LogP contribution < -0.4 is 5.73 Å². The summed E-state index contributed by atoms with van der Waals surface area (Å²) in [7, 11) is -1.49. The quantitative estimate of drug-likeness (QED) is 0.863. The molecule has 0 spiro atoms. The maximum absolute atomic E-state index is 13.5. The lowest BCUT2D eigenvalue weighted by Crippen LogP contribution is -2.02. The highest BCUT2D eigenvalue weighted by atomic mass is 79.9. The molecule has 2 N–H and O–H groups in total. The molecule has 0 aromatic heterocycles. The average Bonchev–Trinajstić information content (AvgIpc) is 2.35. The van der Waals surface area contributed by atoms with Crippen molar-refractivity contribution in [3.8, 4) is 0 Å². The molecule has 0 heterocycles. The molecule has 0 saturated carbocycles. The molecular weight excluding hydrogens is 336 g/mol. The average molecular weight is 346 g/mol. The fourth-order valence-corrected chi connectivity index (χ4v) is 3.34. The smallest absolute Gasteiger partial charge is 0.130 e. The predicted molar refractivity (Wildman–Crippen MR) is 75.0 cm³/mol. The summed E-state index contributed by atoms with van der Waals surface area (Å²) in [5.41, 5.74) is 6.31. The Kier molecular flexibility index (Phi) is 4.31. The van der Waals surface area contributed by atoms with Crippen LogP contribution in [0.2, 0.25) is 0 Å². The standard InChI is InChI=1S/C13H10BrF2NOS/c14-9-2-4-12(17)13(5-9)19(18)7-8-1-3-10(15)6-11(8)16/h1-6H,7,17H2. The molecule has 2 aromatic carbocycles. The molecule has 0 radical (unpaired) electrons. The molecule has 2 nitrogen and oxygen atoms in total. The molecule has 0 saturated heterocycles. The third kappa shape index (κ3) is 3.39. The van der Waals surface area contributed by atoms with E-state index in [0.717, 1.165) is 16.6 Å². The fourth-order valence-electron chi connectivity index (χ4n) is 1.56. The summed E-state index contributed by atoms with van der Waals surface area (Å²) in [5.74, 6) is -1.41. The van der Waals surface area contributed by atoms with Crippen molar-refractivity contribution in [2.75, 3.05) is 5.73 Å². The zero-order valence-corrected chi connectivity index (χ0v) is 12.1. The van der Waals surface area contributed by atoms with Crippen molar-refractivity contribution in [1.29, 1.82) is 0 Å². The Balaban J connectivity index is 2.28. The molecule has 6 heteroatoms. The third-order valence-electron chi connectivity index (χ3n) is 2.52. The van der Waals surface area contributed by atoms with Crippen LogP contribution >= 0.6 is 15.9 Å². The molecule has 19 heavy (non-hydrogen) atoms. The van der Waals surface area contributed by atoms with E-state index in [4.69, 9.17) is 5.73 Å². The zero-order valence-electron chi connectivity index (χ0n) is 9.70. The molecule has 2 aromatic rings. The Hall–Kier alpha value is -1.27. The van der Waals surface area contributed by atoms with Crippen LogP contribution in [-0.2, 0) is 16.6 Å². The maximum atomic E-state index is 13.5. The van der Waals surface area contributed by atoms with Gasteiger partial charge >= 0.3 is 0 Å². The Morgan fingerprint density at radius 1 is 1.16 bits per heavy atom. The van der Waals surface area contributed by atoms with E-state index < -0.39 is 22.4 Å². The van der Waals surface area contributed by atoms with Crippen molar-refractivity contribution in [1.82, 2.24) is 0 Å². The summed E-state index contributed by atoms with van der Waals surface area (Å²) >= 11 is 3.26. The van der Waals surface area contributed by atoms with Gasteiger partial charge in [0.15, 0.2) is 0 Å². The number of nitrogens with two attached hydrogens (primary N) is 1. The molecule has 0 aliphatic rings. The highest BCUT2D eigenvalue weighted by Crippen LogP contribution is 2.24. The Labute approximate surface area is 120 Å². The Morgan fingerprint density at radius 2 is 1.89 bits per heavy atom. The molecule has 0 aliphatic carbocycles. The van der Waals surface area contributed by atoms with Crippen LogP contribution in [0, 0.1) is 11.6 Å². The second kappa shape index (κ2) is 5.79. The van der Waals surface area contributed by atoms with Crippen LogP contribution in [-0.4, -0.2) is 4.21 Å². The zero-order chi connectivity index (χ0) is 14.0. The molecule has 0 aliphatic heterocycles. The van der Waals surface area contributed by atoms with Crippen molar-refractivity contribution in [2.45, 2.75) is 10.6 Å². The van der Waals surface area contributed by atoms with Crippen molar-refractivity contribution in [3.05, 3.63) is 58.1 Å². The number of benzene rings is 2. The van der Waals surface area contributed by atoms with Crippen LogP contribution in [0.5, 0.6) is 0 Å². The second-order valence-electron chi connectivity index (χ2n) is 3.91. The highest BCUT2D eigenvalue weighted by molar-refractivity contribution is 9.10. The van der Waals surface area contributed by atoms with Gasteiger partial charge in [0.05, 0.1) is 21.4 Å². The lowest BCUT2D eigenvalue weighted by Gasteiger charge is -2.07. The van der Waals surface area contributed by atoms with Gasteiger partial charge in [-0.15, -0.1) is 0 Å². The van der Waals surface area contributed by atoms with Crippen LogP contribution in [0.25, 0.3) is 0 Å². The van der Waals surface area contributed by atoms with Gasteiger partial charge in [-0.1, -0.05) is 22.0 Å². The summed E-state index contributed by atoms with van der Waals surface area (Å²) in [6.45, 7) is 0. The summed E-state index contributed by atoms with van der Waals surface area (Å²) in [4.78, 5) is 0.429. The SMILES string of the molecule is Nc1ccc(Br)cc1S(=O)Cc1ccc(F)cc1F. The minimum Gasteiger partial charge on any atom is -0.398 e. The summed E-state index contributed by atoms with van der Waals surface area (Å²) in [6.07, 6.45) is 0. The second-order valence-corrected chi connectivity index (χ2v) is 6.24. The minimum atomic E-state index is -1.49. The van der Waals surface area contributed by atoms with E-state index >= 15 is 0 Å². The molecular formula is C13H10BrF2NOS. The van der Waals surface area contributed by atoms with Gasteiger partial charge in [-0.05, 0) is 24.3 Å². The highest BCUT2D eigenvalue weighted by Gasteiger charge is 2.12. The first kappa shape index (κ1) is 14.1. The molecule has 1 atom stereocenters. The third-order valence-corrected chi connectivity index (χ3v) is 4.43. The summed E-state index contributed by atoms with van der Waals surface area (Å²) < 4.78 is 39.2. The number of anilines is 1. The van der Waals surface area contributed by atoms with E-state index in [1.54, 1.807) is 18.2 Å². The van der Waals surface area contributed by atoms with Crippen LogP contribution in [0.15, 0.2) is 45.8 Å². The summed E-state index contributed by atoms with van der Waals surface area (Å²) in [5, 5.41) is 0. The Bertz CT molecular complexity index is 649. The first-order valence-corrected chi connectivity index (χ1v) is 7.46. The summed E-state index contributed by atoms with van der Waals surface area (Å²) in [6, 6.07) is 8.19. The van der Waals surface area contributed by atoms with Gasteiger partial charge in [-0.2, -0.15) is 0 Å². The first-order chi connectivity index (χ1) is 8.97. The van der Waals surface area contributed by atoms with Crippen LogP contribution in [0.1, 0.15) is 5.56 Å². The largest absolute Gasteiger partial charge is 0.398 e. The van der Waals surface area contributed by atoms with E-state index in [2.05, 4.69) is 15.9 Å². The normalized spacial score (nSPS) is 12.4. The van der Waals surface area contributed by atoms with Gasteiger partial charge in [-0.25, -0.2) is 8.78 Å². The lowest BCUT2D eigenvalue weighted by molar-refractivity contribution is 0.576. The van der Waals surface area contributed by atoms with Crippen molar-refractivity contribution < 1.29 is 13.0 Å².